The van der Waals surface area contributed by atoms with E-state index < -0.39 is 17.3 Å². The Morgan fingerprint density at radius 1 is 1.11 bits per heavy atom. The molecule has 1 aliphatic rings. The van der Waals surface area contributed by atoms with E-state index in [0.717, 1.165) is 16.7 Å². The van der Waals surface area contributed by atoms with Gasteiger partial charge in [0.05, 0.1) is 5.41 Å². The van der Waals surface area contributed by atoms with Gasteiger partial charge >= 0.3 is 5.97 Å². The molecular weight excluding hydrogens is 250 g/mol. The highest BCUT2D eigenvalue weighted by Gasteiger charge is 2.50. The predicted octanol–water partition coefficient (Wildman–Crippen LogP) is 3.84. The number of carboxylic acid groups (broad SMARTS) is 1. The van der Waals surface area contributed by atoms with E-state index in [1.807, 2.05) is 32.0 Å². The molecule has 0 aromatic heterocycles. The van der Waals surface area contributed by atoms with Gasteiger partial charge in [0, 0.05) is 12.8 Å². The Bertz CT molecular complexity index is 479. The van der Waals surface area contributed by atoms with E-state index in [9.17, 15) is 18.7 Å². The van der Waals surface area contributed by atoms with Crippen LogP contribution in [0.2, 0.25) is 0 Å². The van der Waals surface area contributed by atoms with Crippen LogP contribution >= 0.6 is 0 Å². The van der Waals surface area contributed by atoms with Crippen molar-refractivity contribution >= 4 is 5.97 Å². The first-order valence-corrected chi connectivity index (χ1v) is 6.46. The van der Waals surface area contributed by atoms with Gasteiger partial charge in [0.2, 0.25) is 5.92 Å². The minimum atomic E-state index is -2.73. The van der Waals surface area contributed by atoms with Gasteiger partial charge in [0.25, 0.3) is 0 Å². The van der Waals surface area contributed by atoms with E-state index in [1.54, 1.807) is 0 Å². The van der Waals surface area contributed by atoms with Gasteiger partial charge in [-0.15, -0.1) is 0 Å². The molecule has 1 N–H and O–H groups in total. The van der Waals surface area contributed by atoms with Crippen LogP contribution in [0.5, 0.6) is 0 Å². The second kappa shape index (κ2) is 4.58. The Morgan fingerprint density at radius 3 is 2.00 bits per heavy atom. The Labute approximate surface area is 111 Å². The largest absolute Gasteiger partial charge is 0.481 e. The SMILES string of the molecule is Cc1cccc(C)c1C1(C(=O)O)CCC(F)(F)CC1. The second-order valence-electron chi connectivity index (χ2n) is 5.51. The maximum Gasteiger partial charge on any atom is 0.314 e. The van der Waals surface area contributed by atoms with Crippen molar-refractivity contribution in [1.82, 2.24) is 0 Å². The summed E-state index contributed by atoms with van der Waals surface area (Å²) < 4.78 is 26.7. The molecular formula is C15H18F2O2. The van der Waals surface area contributed by atoms with Gasteiger partial charge in [0.1, 0.15) is 0 Å². The molecule has 0 heterocycles. The van der Waals surface area contributed by atoms with Crippen LogP contribution in [0.15, 0.2) is 18.2 Å². The smallest absolute Gasteiger partial charge is 0.314 e. The number of carbonyl (C=O) groups is 1. The van der Waals surface area contributed by atoms with E-state index in [-0.39, 0.29) is 25.7 Å². The average Bonchev–Trinajstić information content (AvgIpc) is 2.30. The standard InChI is InChI=1S/C15H18F2O2/c1-10-4-3-5-11(2)12(10)14(13(18)19)6-8-15(16,17)9-7-14/h3-5H,6-9H2,1-2H3,(H,18,19). The molecule has 0 atom stereocenters. The summed E-state index contributed by atoms with van der Waals surface area (Å²) in [6.45, 7) is 3.69. The topological polar surface area (TPSA) is 37.3 Å². The molecule has 1 fully saturated rings. The fourth-order valence-electron chi connectivity index (χ4n) is 3.18. The number of aryl methyl sites for hydroxylation is 2. The highest BCUT2D eigenvalue weighted by Crippen LogP contribution is 2.47. The Morgan fingerprint density at radius 2 is 1.58 bits per heavy atom. The van der Waals surface area contributed by atoms with E-state index in [4.69, 9.17) is 0 Å². The lowest BCUT2D eigenvalue weighted by Crippen LogP contribution is -2.43. The van der Waals surface area contributed by atoms with Crippen molar-refractivity contribution in [3.63, 3.8) is 0 Å². The van der Waals surface area contributed by atoms with Gasteiger partial charge in [-0.2, -0.15) is 0 Å². The monoisotopic (exact) mass is 268 g/mol. The highest BCUT2D eigenvalue weighted by molar-refractivity contribution is 5.82. The number of alkyl halides is 2. The van der Waals surface area contributed by atoms with E-state index in [2.05, 4.69) is 0 Å². The maximum atomic E-state index is 13.3. The normalized spacial score (nSPS) is 21.1. The summed E-state index contributed by atoms with van der Waals surface area (Å²) in [6.07, 6.45) is -0.706. The Hall–Kier alpha value is -1.45. The summed E-state index contributed by atoms with van der Waals surface area (Å²) in [7, 11) is 0. The number of aliphatic carboxylic acids is 1. The van der Waals surface area contributed by atoms with Gasteiger partial charge in [-0.05, 0) is 43.4 Å². The van der Waals surface area contributed by atoms with Gasteiger partial charge < -0.3 is 5.11 Å². The summed E-state index contributed by atoms with van der Waals surface area (Å²) in [5.41, 5.74) is 1.30. The maximum absolute atomic E-state index is 13.3. The molecule has 0 bridgehead atoms. The zero-order valence-electron chi connectivity index (χ0n) is 11.2. The van der Waals surface area contributed by atoms with Crippen molar-refractivity contribution in [3.8, 4) is 0 Å². The molecule has 0 saturated heterocycles. The van der Waals surface area contributed by atoms with Crippen LogP contribution in [-0.2, 0) is 10.2 Å². The summed E-state index contributed by atoms with van der Waals surface area (Å²) in [6, 6.07) is 5.56. The third kappa shape index (κ3) is 2.36. The number of carboxylic acids is 1. The molecule has 0 radical (unpaired) electrons. The number of hydrogen-bond donors (Lipinski definition) is 1. The molecule has 104 valence electrons. The molecule has 0 aliphatic heterocycles. The average molecular weight is 268 g/mol. The van der Waals surface area contributed by atoms with Crippen molar-refractivity contribution in [1.29, 1.82) is 0 Å². The van der Waals surface area contributed by atoms with Crippen LogP contribution in [-0.4, -0.2) is 17.0 Å². The van der Waals surface area contributed by atoms with Gasteiger partial charge in [-0.3, -0.25) is 4.79 Å². The molecule has 0 spiro atoms. The molecule has 1 aromatic carbocycles. The minimum Gasteiger partial charge on any atom is -0.481 e. The molecule has 1 saturated carbocycles. The summed E-state index contributed by atoms with van der Waals surface area (Å²) in [4.78, 5) is 11.7. The third-order valence-electron chi connectivity index (χ3n) is 4.20. The Balaban J connectivity index is 2.50. The highest BCUT2D eigenvalue weighted by atomic mass is 19.3. The fourth-order valence-corrected chi connectivity index (χ4v) is 3.18. The van der Waals surface area contributed by atoms with Crippen molar-refractivity contribution in [2.24, 2.45) is 0 Å². The van der Waals surface area contributed by atoms with Crippen LogP contribution < -0.4 is 0 Å². The lowest BCUT2D eigenvalue weighted by Gasteiger charge is -2.38. The molecule has 2 rings (SSSR count). The van der Waals surface area contributed by atoms with Crippen LogP contribution in [0.3, 0.4) is 0 Å². The Kier molecular flexibility index (Phi) is 3.37. The number of hydrogen-bond acceptors (Lipinski definition) is 1. The lowest BCUT2D eigenvalue weighted by molar-refractivity contribution is -0.149. The second-order valence-corrected chi connectivity index (χ2v) is 5.51. The number of halogens is 2. The minimum absolute atomic E-state index is 0.00102. The quantitative estimate of drug-likeness (QED) is 0.885. The van der Waals surface area contributed by atoms with Crippen LogP contribution in [0.4, 0.5) is 8.78 Å². The van der Waals surface area contributed by atoms with Crippen molar-refractivity contribution in [2.45, 2.75) is 50.9 Å². The summed E-state index contributed by atoms with van der Waals surface area (Å²) >= 11 is 0. The molecule has 0 unspecified atom stereocenters. The first kappa shape index (κ1) is 14.0. The molecule has 4 heteroatoms. The van der Waals surface area contributed by atoms with Gasteiger partial charge in [0.15, 0.2) is 0 Å². The van der Waals surface area contributed by atoms with Crippen molar-refractivity contribution in [2.75, 3.05) is 0 Å². The molecule has 1 aliphatic carbocycles. The summed E-state index contributed by atoms with van der Waals surface area (Å²) in [5.74, 6) is -3.71. The van der Waals surface area contributed by atoms with E-state index >= 15 is 0 Å². The van der Waals surface area contributed by atoms with Gasteiger partial charge in [-0.25, -0.2) is 8.78 Å². The fraction of sp³-hybridized carbons (Fsp3) is 0.533. The molecule has 0 amide bonds. The third-order valence-corrected chi connectivity index (χ3v) is 4.20. The van der Waals surface area contributed by atoms with Crippen LogP contribution in [0.25, 0.3) is 0 Å². The first-order chi connectivity index (χ1) is 8.78. The van der Waals surface area contributed by atoms with Crippen LogP contribution in [0.1, 0.15) is 42.4 Å². The number of rotatable bonds is 2. The lowest BCUT2D eigenvalue weighted by atomic mass is 9.66. The van der Waals surface area contributed by atoms with E-state index in [0.29, 0.717) is 0 Å². The predicted molar refractivity (Wildman–Crippen MR) is 68.6 cm³/mol. The zero-order chi connectivity index (χ0) is 14.3. The molecule has 19 heavy (non-hydrogen) atoms. The first-order valence-electron chi connectivity index (χ1n) is 6.46. The zero-order valence-corrected chi connectivity index (χ0v) is 11.2. The molecule has 2 nitrogen and oxygen atoms in total. The van der Waals surface area contributed by atoms with Crippen LogP contribution in [0, 0.1) is 13.8 Å². The van der Waals surface area contributed by atoms with Crippen molar-refractivity contribution in [3.05, 3.63) is 34.9 Å². The molecule has 1 aromatic rings. The number of benzene rings is 1. The van der Waals surface area contributed by atoms with E-state index in [1.165, 1.54) is 0 Å². The summed E-state index contributed by atoms with van der Waals surface area (Å²) in [5, 5.41) is 9.62. The van der Waals surface area contributed by atoms with Crippen molar-refractivity contribution < 1.29 is 18.7 Å². The van der Waals surface area contributed by atoms with Gasteiger partial charge in [-0.1, -0.05) is 18.2 Å².